The summed E-state index contributed by atoms with van der Waals surface area (Å²) in [5.41, 5.74) is 7.48. The Morgan fingerprint density at radius 2 is 1.43 bits per heavy atom. The van der Waals surface area contributed by atoms with Crippen LogP contribution >= 0.6 is 13.4 Å². The molecular weight excluding hydrogens is 734 g/mol. The molecule has 14 bridgehead atoms. The van der Waals surface area contributed by atoms with Gasteiger partial charge in [0.2, 0.25) is 11.8 Å². The first-order valence-electron chi connectivity index (χ1n) is 14.8. The average molecular weight is 762 g/mol. The molecule has 3 fully saturated rings. The molecule has 4 aromatic rings. The van der Waals surface area contributed by atoms with Crippen molar-refractivity contribution in [1.29, 1.82) is 0 Å². The molecule has 0 radical (unpaired) electrons. The van der Waals surface area contributed by atoms with Gasteiger partial charge in [0.05, 0.1) is 31.6 Å². The van der Waals surface area contributed by atoms with E-state index in [-0.39, 0.29) is 35.2 Å². The van der Waals surface area contributed by atoms with Gasteiger partial charge >= 0.3 is 13.4 Å². The third-order valence-corrected chi connectivity index (χ3v) is 11.4. The second-order valence-electron chi connectivity index (χ2n) is 11.4. The largest absolute Gasteiger partial charge is 0.472 e. The molecule has 0 saturated carbocycles. The minimum atomic E-state index is -4.27. The fourth-order valence-electron chi connectivity index (χ4n) is 6.06. The van der Waals surface area contributed by atoms with Crippen LogP contribution < -0.4 is 10.5 Å². The van der Waals surface area contributed by atoms with E-state index >= 15 is 8.78 Å². The topological polar surface area (TPSA) is 218 Å². The van der Waals surface area contributed by atoms with E-state index in [1.807, 2.05) is 6.08 Å². The molecule has 49 heavy (non-hydrogen) atoms. The third kappa shape index (κ3) is 6.27. The summed E-state index contributed by atoms with van der Waals surface area (Å²) in [6, 6.07) is 0. The van der Waals surface area contributed by atoms with Gasteiger partial charge in [-0.2, -0.15) is 9.97 Å². The Morgan fingerprint density at radius 3 is 2.08 bits per heavy atom. The predicted molar refractivity (Wildman–Crippen MR) is 170 cm³/mol. The molecule has 10 atom stereocenters. The summed E-state index contributed by atoms with van der Waals surface area (Å²) in [5.74, 6) is -0.137. The summed E-state index contributed by atoms with van der Waals surface area (Å²) in [5, 5.41) is 0. The van der Waals surface area contributed by atoms with Gasteiger partial charge in [-0.3, -0.25) is 18.2 Å². The molecule has 18 nitrogen and oxygen atoms in total. The third-order valence-electron chi connectivity index (χ3n) is 8.27. The molecule has 0 spiro atoms. The zero-order valence-corrected chi connectivity index (χ0v) is 28.3. The minimum absolute atomic E-state index is 0.0433. The number of aromatic nitrogens is 8. The number of alkyl halides is 2. The maximum atomic E-state index is 16.3. The van der Waals surface area contributed by atoms with Gasteiger partial charge in [-0.15, -0.1) is 0 Å². The summed E-state index contributed by atoms with van der Waals surface area (Å²) < 4.78 is 75.4. The van der Waals surface area contributed by atoms with Crippen LogP contribution in [0.25, 0.3) is 22.3 Å². The number of imidazole rings is 2. The van der Waals surface area contributed by atoms with Gasteiger partial charge in [-0.25, -0.2) is 28.7 Å². The van der Waals surface area contributed by atoms with E-state index < -0.39 is 75.9 Å². The Bertz CT molecular complexity index is 2040. The Morgan fingerprint density at radius 1 is 0.816 bits per heavy atom. The lowest BCUT2D eigenvalue weighted by molar-refractivity contribution is -0.0583. The number of nitrogens with two attached hydrogens (primary N) is 1. The SMILES string of the molecule is Nc1nc2c3ncn(c3n1)[C@@H]1O[C@@H]3COP(O)(=S)O[C@@H]4C(COP(O)(=S)O[C@H]3[C@H]1F)O[C@H]([C@@H]4F)n1cnc3c(ncnc31)CC/C=C/CO2. The zero-order chi connectivity index (χ0) is 34.1. The number of anilines is 1. The molecular formula is C25H27F2N9O9P2S2. The normalized spacial score (nSPS) is 37.6. The van der Waals surface area contributed by atoms with Crippen molar-refractivity contribution in [3.63, 3.8) is 0 Å². The summed E-state index contributed by atoms with van der Waals surface area (Å²) in [7, 11) is 0. The van der Waals surface area contributed by atoms with E-state index in [1.165, 1.54) is 28.1 Å². The van der Waals surface area contributed by atoms with E-state index in [0.717, 1.165) is 0 Å². The summed E-state index contributed by atoms with van der Waals surface area (Å²) >= 11 is 10.5. The van der Waals surface area contributed by atoms with Crippen LogP contribution in [0.2, 0.25) is 0 Å². The van der Waals surface area contributed by atoms with Gasteiger partial charge in [-0.05, 0) is 36.5 Å². The Hall–Kier alpha value is -2.72. The van der Waals surface area contributed by atoms with Crippen molar-refractivity contribution in [3.8, 4) is 5.88 Å². The van der Waals surface area contributed by atoms with E-state index in [4.69, 9.17) is 61.7 Å². The molecule has 0 aliphatic carbocycles. The number of aryl methyl sites for hydroxylation is 1. The van der Waals surface area contributed by atoms with Crippen LogP contribution in [0.1, 0.15) is 24.6 Å². The molecule has 3 saturated heterocycles. The van der Waals surface area contributed by atoms with Crippen LogP contribution in [0.4, 0.5) is 14.7 Å². The van der Waals surface area contributed by atoms with Crippen LogP contribution in [0, 0.1) is 0 Å². The molecule has 4 aromatic heterocycles. The molecule has 0 aromatic carbocycles. The highest BCUT2D eigenvalue weighted by Gasteiger charge is 2.53. The zero-order valence-electron chi connectivity index (χ0n) is 24.9. The van der Waals surface area contributed by atoms with Gasteiger partial charge in [0.25, 0.3) is 0 Å². The van der Waals surface area contributed by atoms with Crippen molar-refractivity contribution in [2.75, 3.05) is 25.6 Å². The monoisotopic (exact) mass is 761 g/mol. The van der Waals surface area contributed by atoms with Gasteiger partial charge in [0.15, 0.2) is 41.6 Å². The van der Waals surface area contributed by atoms with Crippen LogP contribution in [0.5, 0.6) is 5.88 Å². The van der Waals surface area contributed by atoms with Gasteiger partial charge in [0, 0.05) is 0 Å². The van der Waals surface area contributed by atoms with Gasteiger partial charge < -0.3 is 38.8 Å². The average Bonchev–Trinajstić information content (AvgIpc) is 3.81. The van der Waals surface area contributed by atoms with E-state index in [1.54, 1.807) is 6.08 Å². The highest BCUT2D eigenvalue weighted by molar-refractivity contribution is 8.07. The number of halogens is 2. The molecule has 3 unspecified atom stereocenters. The number of nitrogen functional groups attached to an aromatic ring is 1. The number of ether oxygens (including phenoxy) is 3. The van der Waals surface area contributed by atoms with Crippen LogP contribution in [0.3, 0.4) is 0 Å². The Labute approximate surface area is 285 Å². The van der Waals surface area contributed by atoms with Crippen molar-refractivity contribution >= 4 is 65.3 Å². The van der Waals surface area contributed by atoms with Crippen LogP contribution in [-0.2, 0) is 57.6 Å². The Balaban J connectivity index is 1.22. The number of nitrogens with zero attached hydrogens (tertiary/aromatic N) is 8. The smallest absolute Gasteiger partial charge is 0.325 e. The lowest BCUT2D eigenvalue weighted by atomic mass is 10.1. The van der Waals surface area contributed by atoms with E-state index in [9.17, 15) is 9.79 Å². The molecule has 0 amide bonds. The van der Waals surface area contributed by atoms with Crippen molar-refractivity contribution in [2.24, 2.45) is 0 Å². The molecule has 262 valence electrons. The van der Waals surface area contributed by atoms with Gasteiger partial charge in [-0.1, -0.05) is 12.2 Å². The van der Waals surface area contributed by atoms with Crippen LogP contribution in [-0.4, -0.2) is 105 Å². The first-order chi connectivity index (χ1) is 23.5. The number of hydrogen-bond acceptors (Lipinski definition) is 16. The van der Waals surface area contributed by atoms with Crippen molar-refractivity contribution in [3.05, 3.63) is 36.8 Å². The Kier molecular flexibility index (Phi) is 8.73. The number of rotatable bonds is 0. The van der Waals surface area contributed by atoms with Crippen molar-refractivity contribution in [1.82, 2.24) is 39.0 Å². The fraction of sp³-hybridized carbons (Fsp3) is 0.520. The van der Waals surface area contributed by atoms with E-state index in [2.05, 4.69) is 29.9 Å². The molecule has 24 heteroatoms. The number of hydrogen-bond donors (Lipinski definition) is 3. The highest BCUT2D eigenvalue weighted by atomic mass is 32.5. The quantitative estimate of drug-likeness (QED) is 0.172. The van der Waals surface area contributed by atoms with Crippen molar-refractivity contribution in [2.45, 2.75) is 62.1 Å². The lowest BCUT2D eigenvalue weighted by Crippen LogP contribution is -2.37. The molecule has 5 aliphatic rings. The summed E-state index contributed by atoms with van der Waals surface area (Å²) in [6.45, 7) is -9.64. The molecule has 9 rings (SSSR count). The van der Waals surface area contributed by atoms with Gasteiger partial charge in [0.1, 0.15) is 42.9 Å². The summed E-state index contributed by atoms with van der Waals surface area (Å²) in [6.07, 6.45) is -4.12. The summed E-state index contributed by atoms with van der Waals surface area (Å²) in [4.78, 5) is 47.9. The molecule has 5 aliphatic heterocycles. The fourth-order valence-corrected chi connectivity index (χ4v) is 8.93. The predicted octanol–water partition coefficient (Wildman–Crippen LogP) is 1.85. The second-order valence-corrected chi connectivity index (χ2v) is 16.9. The van der Waals surface area contributed by atoms with Crippen LogP contribution in [0.15, 0.2) is 31.1 Å². The van der Waals surface area contributed by atoms with Crippen molar-refractivity contribution < 1.29 is 50.9 Å². The second kappa shape index (κ2) is 12.8. The number of allylic oxidation sites excluding steroid dienone is 1. The highest BCUT2D eigenvalue weighted by Crippen LogP contribution is 2.54. The molecule has 4 N–H and O–H groups in total. The standard InChI is InChI=1S/C25H27F2N9O9P2S2/c26-14-18-12-6-40-47(38,49)45-19-13(7-41-46(37,48)44-18)43-24(15(19)27)36-10-32-17-21(36)33-25(28)34-22(17)39-5-3-1-2-4-11-16-20(30-8-29-11)35(9-31-16)23(14)42-12/h1,3,8-10,12-15,18-19,23-24H,2,4-7H2,(H,37,48)(H,38,49)(H2,28,33,34)/b3-1+/t12?,13-,14-,15-,18-,19-,23-,24-,46?,47?/m1/s1. The maximum Gasteiger partial charge on any atom is 0.325 e. The first kappa shape index (κ1) is 33.4. The number of fused-ring (bicyclic) bond motifs is 10. The maximum absolute atomic E-state index is 16.3. The molecule has 9 heterocycles. The minimum Gasteiger partial charge on any atom is -0.472 e. The first-order valence-corrected chi connectivity index (χ1v) is 20.0. The lowest BCUT2D eigenvalue weighted by Gasteiger charge is -2.29. The van der Waals surface area contributed by atoms with E-state index in [0.29, 0.717) is 24.1 Å².